The standard InChI is InChI=1S/C23H28N4O2S/c1-17-4-8-19(9-5-17)16-21-25-23(30-26-21)27(14-15-29-3)13-12-22(28)24-20-10-6-18(2)7-11-20/h4-11H,12-16H2,1-3H3,(H,24,28). The van der Waals surface area contributed by atoms with Crippen molar-refractivity contribution in [3.8, 4) is 0 Å². The summed E-state index contributed by atoms with van der Waals surface area (Å²) in [4.78, 5) is 19.1. The van der Waals surface area contributed by atoms with Crippen LogP contribution in [0.2, 0.25) is 0 Å². The maximum Gasteiger partial charge on any atom is 0.226 e. The Labute approximate surface area is 182 Å². The molecule has 1 N–H and O–H groups in total. The van der Waals surface area contributed by atoms with Crippen LogP contribution in [-0.4, -0.2) is 42.1 Å². The molecular weight excluding hydrogens is 396 g/mol. The number of amides is 1. The number of ether oxygens (including phenoxy) is 1. The van der Waals surface area contributed by atoms with Gasteiger partial charge in [0, 0.05) is 50.3 Å². The summed E-state index contributed by atoms with van der Waals surface area (Å²) in [6.45, 7) is 5.88. The van der Waals surface area contributed by atoms with Crippen molar-refractivity contribution in [3.05, 3.63) is 71.0 Å². The van der Waals surface area contributed by atoms with Gasteiger partial charge in [0.1, 0.15) is 5.82 Å². The van der Waals surface area contributed by atoms with E-state index in [4.69, 9.17) is 9.72 Å². The van der Waals surface area contributed by atoms with Crippen LogP contribution in [0.15, 0.2) is 48.5 Å². The van der Waals surface area contributed by atoms with Crippen LogP contribution in [0.4, 0.5) is 10.8 Å². The summed E-state index contributed by atoms with van der Waals surface area (Å²) >= 11 is 1.37. The first kappa shape index (κ1) is 21.9. The third-order valence-electron chi connectivity index (χ3n) is 4.72. The summed E-state index contributed by atoms with van der Waals surface area (Å²) in [5.74, 6) is 0.774. The number of methoxy groups -OCH3 is 1. The second kappa shape index (κ2) is 10.8. The van der Waals surface area contributed by atoms with Crippen LogP contribution >= 0.6 is 11.5 Å². The van der Waals surface area contributed by atoms with E-state index in [9.17, 15) is 4.79 Å². The average Bonchev–Trinajstić information content (AvgIpc) is 3.20. The number of hydrogen-bond donors (Lipinski definition) is 1. The normalized spacial score (nSPS) is 10.8. The van der Waals surface area contributed by atoms with Crippen LogP contribution in [0, 0.1) is 13.8 Å². The van der Waals surface area contributed by atoms with Gasteiger partial charge in [-0.1, -0.05) is 47.5 Å². The lowest BCUT2D eigenvalue weighted by Gasteiger charge is -2.20. The molecule has 0 saturated heterocycles. The lowest BCUT2D eigenvalue weighted by atomic mass is 10.1. The number of carbonyl (C=O) groups is 1. The summed E-state index contributed by atoms with van der Waals surface area (Å²) in [5.41, 5.74) is 4.40. The summed E-state index contributed by atoms with van der Waals surface area (Å²) in [7, 11) is 1.67. The Hall–Kier alpha value is -2.77. The van der Waals surface area contributed by atoms with Gasteiger partial charge in [0.2, 0.25) is 11.0 Å². The lowest BCUT2D eigenvalue weighted by Crippen LogP contribution is -2.30. The van der Waals surface area contributed by atoms with E-state index in [0.29, 0.717) is 32.5 Å². The zero-order valence-electron chi connectivity index (χ0n) is 17.7. The predicted octanol–water partition coefficient (Wildman–Crippen LogP) is 4.23. The molecule has 158 valence electrons. The van der Waals surface area contributed by atoms with Gasteiger partial charge in [0.05, 0.1) is 6.61 Å². The topological polar surface area (TPSA) is 67.3 Å². The first-order chi connectivity index (χ1) is 14.5. The fourth-order valence-corrected chi connectivity index (χ4v) is 3.67. The van der Waals surface area contributed by atoms with Crippen molar-refractivity contribution < 1.29 is 9.53 Å². The maximum absolute atomic E-state index is 12.4. The molecule has 7 heteroatoms. The zero-order valence-corrected chi connectivity index (χ0v) is 18.5. The summed E-state index contributed by atoms with van der Waals surface area (Å²) in [6, 6.07) is 16.2. The predicted molar refractivity (Wildman–Crippen MR) is 122 cm³/mol. The number of carbonyl (C=O) groups excluding carboxylic acids is 1. The number of rotatable bonds is 10. The number of hydrogen-bond acceptors (Lipinski definition) is 6. The van der Waals surface area contributed by atoms with Gasteiger partial charge in [-0.05, 0) is 31.5 Å². The fraction of sp³-hybridized carbons (Fsp3) is 0.348. The highest BCUT2D eigenvalue weighted by Crippen LogP contribution is 2.20. The minimum atomic E-state index is -0.0225. The third kappa shape index (κ3) is 6.64. The number of benzene rings is 2. The van der Waals surface area contributed by atoms with Crippen molar-refractivity contribution in [1.29, 1.82) is 0 Å². The van der Waals surface area contributed by atoms with Crippen molar-refractivity contribution in [2.24, 2.45) is 0 Å². The molecule has 0 atom stereocenters. The summed E-state index contributed by atoms with van der Waals surface area (Å²) < 4.78 is 9.75. The highest BCUT2D eigenvalue weighted by atomic mass is 32.1. The van der Waals surface area contributed by atoms with Gasteiger partial charge in [0.25, 0.3) is 0 Å². The van der Waals surface area contributed by atoms with Gasteiger partial charge in [-0.2, -0.15) is 4.37 Å². The molecule has 3 rings (SSSR count). The first-order valence-electron chi connectivity index (χ1n) is 10.0. The van der Waals surface area contributed by atoms with Crippen molar-refractivity contribution in [2.45, 2.75) is 26.7 Å². The minimum absolute atomic E-state index is 0.0225. The third-order valence-corrected chi connectivity index (χ3v) is 5.53. The molecule has 0 aliphatic carbocycles. The molecule has 0 saturated carbocycles. The molecule has 6 nitrogen and oxygen atoms in total. The molecular formula is C23H28N4O2S. The van der Waals surface area contributed by atoms with Crippen molar-refractivity contribution >= 4 is 28.3 Å². The smallest absolute Gasteiger partial charge is 0.226 e. The number of nitrogens with zero attached hydrogens (tertiary/aromatic N) is 3. The number of anilines is 2. The molecule has 30 heavy (non-hydrogen) atoms. The van der Waals surface area contributed by atoms with Crippen LogP contribution in [0.3, 0.4) is 0 Å². The molecule has 1 heterocycles. The highest BCUT2D eigenvalue weighted by molar-refractivity contribution is 7.09. The Morgan fingerprint density at radius 2 is 1.70 bits per heavy atom. The molecule has 0 aliphatic heterocycles. The van der Waals surface area contributed by atoms with Gasteiger partial charge in [0.15, 0.2) is 0 Å². The van der Waals surface area contributed by atoms with Crippen LogP contribution in [0.25, 0.3) is 0 Å². The Bertz CT molecular complexity index is 939. The Balaban J connectivity index is 1.59. The van der Waals surface area contributed by atoms with E-state index >= 15 is 0 Å². The van der Waals surface area contributed by atoms with E-state index in [-0.39, 0.29) is 5.91 Å². The Morgan fingerprint density at radius 3 is 2.37 bits per heavy atom. The molecule has 0 bridgehead atoms. The van der Waals surface area contributed by atoms with Gasteiger partial charge in [-0.15, -0.1) is 0 Å². The second-order valence-corrected chi connectivity index (χ2v) is 8.03. The minimum Gasteiger partial charge on any atom is -0.383 e. The molecule has 1 aromatic heterocycles. The Kier molecular flexibility index (Phi) is 7.93. The van der Waals surface area contributed by atoms with Crippen molar-refractivity contribution in [1.82, 2.24) is 9.36 Å². The molecule has 0 radical (unpaired) electrons. The van der Waals surface area contributed by atoms with Crippen LogP contribution in [-0.2, 0) is 16.0 Å². The summed E-state index contributed by atoms with van der Waals surface area (Å²) in [6.07, 6.45) is 1.06. The van der Waals surface area contributed by atoms with E-state index in [1.54, 1.807) is 7.11 Å². The average molecular weight is 425 g/mol. The van der Waals surface area contributed by atoms with Gasteiger partial charge < -0.3 is 15.0 Å². The molecule has 2 aromatic carbocycles. The van der Waals surface area contributed by atoms with E-state index in [1.807, 2.05) is 31.2 Å². The van der Waals surface area contributed by atoms with Gasteiger partial charge in [-0.25, -0.2) is 4.98 Å². The van der Waals surface area contributed by atoms with Gasteiger partial charge >= 0.3 is 0 Å². The molecule has 1 amide bonds. The quantitative estimate of drug-likeness (QED) is 0.528. The molecule has 0 aliphatic rings. The van der Waals surface area contributed by atoms with Crippen molar-refractivity contribution in [3.63, 3.8) is 0 Å². The monoisotopic (exact) mass is 424 g/mol. The highest BCUT2D eigenvalue weighted by Gasteiger charge is 2.15. The van der Waals surface area contributed by atoms with E-state index < -0.39 is 0 Å². The second-order valence-electron chi connectivity index (χ2n) is 7.30. The van der Waals surface area contributed by atoms with Crippen LogP contribution in [0.1, 0.15) is 28.9 Å². The SMILES string of the molecule is COCCN(CCC(=O)Nc1ccc(C)cc1)c1nc(Cc2ccc(C)cc2)ns1. The molecule has 0 spiro atoms. The largest absolute Gasteiger partial charge is 0.383 e. The number of nitrogens with one attached hydrogen (secondary N) is 1. The number of aromatic nitrogens is 2. The zero-order chi connectivity index (χ0) is 21.3. The molecule has 0 fully saturated rings. The first-order valence-corrected chi connectivity index (χ1v) is 10.8. The van der Waals surface area contributed by atoms with E-state index in [0.717, 1.165) is 22.2 Å². The molecule has 0 unspecified atom stereocenters. The van der Waals surface area contributed by atoms with E-state index in [1.165, 1.54) is 22.7 Å². The van der Waals surface area contributed by atoms with Crippen LogP contribution < -0.4 is 10.2 Å². The van der Waals surface area contributed by atoms with E-state index in [2.05, 4.69) is 45.8 Å². The van der Waals surface area contributed by atoms with Crippen LogP contribution in [0.5, 0.6) is 0 Å². The lowest BCUT2D eigenvalue weighted by molar-refractivity contribution is -0.116. The fourth-order valence-electron chi connectivity index (χ4n) is 2.93. The molecule has 3 aromatic rings. The Morgan fingerprint density at radius 1 is 1.03 bits per heavy atom. The number of aryl methyl sites for hydroxylation is 2. The summed E-state index contributed by atoms with van der Waals surface area (Å²) in [5, 5.41) is 3.76. The van der Waals surface area contributed by atoms with Crippen molar-refractivity contribution in [2.75, 3.05) is 37.0 Å². The van der Waals surface area contributed by atoms with Gasteiger partial charge in [-0.3, -0.25) is 4.79 Å². The maximum atomic E-state index is 12.4.